The van der Waals surface area contributed by atoms with E-state index in [1.54, 1.807) is 18.0 Å². The molecule has 1 spiro atoms. The van der Waals surface area contributed by atoms with Crippen LogP contribution < -0.4 is 5.32 Å². The van der Waals surface area contributed by atoms with Crippen molar-refractivity contribution in [2.45, 2.75) is 37.5 Å². The van der Waals surface area contributed by atoms with Crippen LogP contribution in [0.3, 0.4) is 0 Å². The molecule has 0 saturated heterocycles. The molecule has 4 rings (SSSR count). The van der Waals surface area contributed by atoms with Crippen molar-refractivity contribution in [2.75, 3.05) is 5.32 Å². The Morgan fingerprint density at radius 2 is 2.33 bits per heavy atom. The maximum absolute atomic E-state index is 4.87. The van der Waals surface area contributed by atoms with Gasteiger partial charge in [-0.05, 0) is 31.7 Å². The molecule has 7 heteroatoms. The number of amidine groups is 1. The molecule has 21 heavy (non-hydrogen) atoms. The number of nitrogens with one attached hydrogen (secondary N) is 1. The molecule has 108 valence electrons. The molecule has 3 aliphatic rings. The third-order valence-corrected chi connectivity index (χ3v) is 5.35. The summed E-state index contributed by atoms with van der Waals surface area (Å²) in [5.41, 5.74) is 1.70. The fourth-order valence-electron chi connectivity index (χ4n) is 3.07. The van der Waals surface area contributed by atoms with E-state index in [0.717, 1.165) is 29.4 Å². The summed E-state index contributed by atoms with van der Waals surface area (Å²) in [6.07, 6.45) is 5.76. The summed E-state index contributed by atoms with van der Waals surface area (Å²) in [7, 11) is 0. The zero-order valence-corrected chi connectivity index (χ0v) is 12.8. The number of hydrogen-bond acceptors (Lipinski definition) is 7. The molecular weight excluding hydrogens is 284 g/mol. The fourth-order valence-corrected chi connectivity index (χ4v) is 4.55. The van der Waals surface area contributed by atoms with Crippen molar-refractivity contribution in [3.05, 3.63) is 18.0 Å². The number of thioether (sulfide) groups is 1. The van der Waals surface area contributed by atoms with Crippen molar-refractivity contribution in [1.29, 1.82) is 0 Å². The van der Waals surface area contributed by atoms with Crippen molar-refractivity contribution in [3.63, 3.8) is 0 Å². The smallest absolute Gasteiger partial charge is 0.228 e. The quantitative estimate of drug-likeness (QED) is 0.863. The highest BCUT2D eigenvalue weighted by Gasteiger charge is 2.53. The molecule has 3 heterocycles. The Kier molecular flexibility index (Phi) is 2.85. The molecule has 1 aliphatic carbocycles. The predicted octanol–water partition coefficient (Wildman–Crippen LogP) is 2.28. The first-order valence-electron chi connectivity index (χ1n) is 7.10. The molecule has 2 aliphatic heterocycles. The average Bonchev–Trinajstić information content (AvgIpc) is 2.97. The summed E-state index contributed by atoms with van der Waals surface area (Å²) < 4.78 is 0. The van der Waals surface area contributed by atoms with Crippen LogP contribution in [0.15, 0.2) is 27.5 Å². The second-order valence-electron chi connectivity index (χ2n) is 5.83. The summed E-state index contributed by atoms with van der Waals surface area (Å²) in [5.74, 6) is 1.22. The Bertz CT molecular complexity index is 682. The van der Waals surface area contributed by atoms with Crippen LogP contribution in [-0.4, -0.2) is 37.9 Å². The summed E-state index contributed by atoms with van der Waals surface area (Å²) >= 11 is 1.75. The van der Waals surface area contributed by atoms with Gasteiger partial charge in [0.25, 0.3) is 0 Å². The average molecular weight is 300 g/mol. The van der Waals surface area contributed by atoms with Gasteiger partial charge in [-0.15, -0.1) is 0 Å². The van der Waals surface area contributed by atoms with Gasteiger partial charge in [0.05, 0.1) is 11.9 Å². The van der Waals surface area contributed by atoms with Crippen LogP contribution in [-0.2, 0) is 0 Å². The predicted molar refractivity (Wildman–Crippen MR) is 86.3 cm³/mol. The van der Waals surface area contributed by atoms with Crippen molar-refractivity contribution in [1.82, 2.24) is 9.97 Å². The Morgan fingerprint density at radius 3 is 3.19 bits per heavy atom. The minimum absolute atomic E-state index is 0.330. The fraction of sp³-hybridized carbons (Fsp3) is 0.500. The van der Waals surface area contributed by atoms with Crippen LogP contribution >= 0.6 is 11.8 Å². The van der Waals surface area contributed by atoms with Gasteiger partial charge in [-0.25, -0.2) is 15.0 Å². The molecule has 0 radical (unpaired) electrons. The number of aromatic nitrogens is 2. The normalized spacial score (nSPS) is 33.2. The van der Waals surface area contributed by atoms with E-state index in [1.165, 1.54) is 0 Å². The highest BCUT2D eigenvalue weighted by Crippen LogP contribution is 2.46. The van der Waals surface area contributed by atoms with Gasteiger partial charge in [0, 0.05) is 17.1 Å². The molecule has 0 bridgehead atoms. The molecule has 6 nitrogen and oxygen atoms in total. The number of rotatable bonds is 1. The Labute approximate surface area is 127 Å². The zero-order valence-electron chi connectivity index (χ0n) is 11.9. The summed E-state index contributed by atoms with van der Waals surface area (Å²) in [6, 6.07) is 1.88. The van der Waals surface area contributed by atoms with Crippen LogP contribution in [0, 0.1) is 12.8 Å². The van der Waals surface area contributed by atoms with Gasteiger partial charge < -0.3 is 5.32 Å². The second kappa shape index (κ2) is 4.62. The number of aryl methyl sites for hydroxylation is 1. The lowest BCUT2D eigenvalue weighted by molar-refractivity contribution is 0.467. The van der Waals surface area contributed by atoms with Crippen LogP contribution in [0.25, 0.3) is 0 Å². The molecule has 3 atom stereocenters. The molecule has 0 amide bonds. The Balaban J connectivity index is 1.63. The lowest BCUT2D eigenvalue weighted by atomic mass is 9.76. The maximum Gasteiger partial charge on any atom is 0.228 e. The van der Waals surface area contributed by atoms with Crippen LogP contribution in [0.1, 0.15) is 25.5 Å². The first kappa shape index (κ1) is 12.9. The van der Waals surface area contributed by atoms with Crippen molar-refractivity contribution >= 4 is 34.8 Å². The largest absolute Gasteiger partial charge is 0.303 e. The van der Waals surface area contributed by atoms with Gasteiger partial charge in [-0.3, -0.25) is 0 Å². The number of nitrogens with zero attached hydrogens (tertiary/aromatic N) is 5. The highest BCUT2D eigenvalue weighted by atomic mass is 32.2. The molecular formula is C14H16N6S. The van der Waals surface area contributed by atoms with Crippen molar-refractivity contribution in [2.24, 2.45) is 21.1 Å². The molecule has 1 fully saturated rings. The van der Waals surface area contributed by atoms with E-state index in [2.05, 4.69) is 32.4 Å². The third kappa shape index (κ3) is 2.07. The molecule has 1 aromatic rings. The number of aliphatic imine (C=N–C) groups is 1. The van der Waals surface area contributed by atoms with Gasteiger partial charge >= 0.3 is 0 Å². The first-order valence-corrected chi connectivity index (χ1v) is 7.98. The minimum Gasteiger partial charge on any atom is -0.303 e. The van der Waals surface area contributed by atoms with Gasteiger partial charge in [0.1, 0.15) is 0 Å². The second-order valence-corrected chi connectivity index (χ2v) is 7.02. The van der Waals surface area contributed by atoms with E-state index in [4.69, 9.17) is 4.99 Å². The number of anilines is 1. The lowest BCUT2D eigenvalue weighted by Crippen LogP contribution is -2.48. The minimum atomic E-state index is -0.330. The van der Waals surface area contributed by atoms with Gasteiger partial charge in [-0.1, -0.05) is 18.7 Å². The van der Waals surface area contributed by atoms with E-state index >= 15 is 0 Å². The summed E-state index contributed by atoms with van der Waals surface area (Å²) in [4.78, 5) is 13.5. The van der Waals surface area contributed by atoms with E-state index in [1.807, 2.05) is 19.2 Å². The molecule has 0 aromatic carbocycles. The summed E-state index contributed by atoms with van der Waals surface area (Å²) in [6.45, 7) is 4.21. The van der Waals surface area contributed by atoms with Crippen LogP contribution in [0.2, 0.25) is 0 Å². The van der Waals surface area contributed by atoms with Crippen LogP contribution in [0.4, 0.5) is 5.95 Å². The lowest BCUT2D eigenvalue weighted by Gasteiger charge is -2.34. The van der Waals surface area contributed by atoms with E-state index in [9.17, 15) is 0 Å². The van der Waals surface area contributed by atoms with Crippen LogP contribution in [0.5, 0.6) is 0 Å². The Hall–Kier alpha value is -1.76. The molecule has 1 aromatic heterocycles. The van der Waals surface area contributed by atoms with E-state index in [0.29, 0.717) is 17.1 Å². The van der Waals surface area contributed by atoms with Crippen molar-refractivity contribution < 1.29 is 0 Å². The monoisotopic (exact) mass is 300 g/mol. The number of hydrogen-bond donors (Lipinski definition) is 1. The summed E-state index contributed by atoms with van der Waals surface area (Å²) in [5, 5.41) is 12.9. The van der Waals surface area contributed by atoms with Gasteiger partial charge in [0.15, 0.2) is 10.7 Å². The highest BCUT2D eigenvalue weighted by molar-refractivity contribution is 8.15. The third-order valence-electron chi connectivity index (χ3n) is 4.10. The molecule has 1 saturated carbocycles. The maximum atomic E-state index is 4.87. The Morgan fingerprint density at radius 1 is 1.43 bits per heavy atom. The zero-order chi connectivity index (χ0) is 14.4. The molecule has 3 unspecified atom stereocenters. The topological polar surface area (TPSA) is 74.9 Å². The first-order chi connectivity index (χ1) is 10.2. The van der Waals surface area contributed by atoms with E-state index < -0.39 is 0 Å². The van der Waals surface area contributed by atoms with Crippen molar-refractivity contribution in [3.8, 4) is 0 Å². The van der Waals surface area contributed by atoms with Gasteiger partial charge in [0.2, 0.25) is 5.95 Å². The SMILES string of the molecule is Cc1ccnc(NC2=NC34C=NN=C3CC(C)CC4S2)n1. The van der Waals surface area contributed by atoms with E-state index in [-0.39, 0.29) is 5.54 Å². The molecule has 1 N–H and O–H groups in total. The van der Waals surface area contributed by atoms with Gasteiger partial charge in [-0.2, -0.15) is 10.2 Å². The standard InChI is InChI=1S/C14H16N6S/c1-8-5-10-14(7-16-20-10)11(6-8)21-13(19-14)18-12-15-4-3-9(2)17-12/h3-4,7-8,11H,5-6H2,1-2H3,(H,15,17,18,19).